The molecule has 148 valence electrons. The molecule has 0 aliphatic rings. The second kappa shape index (κ2) is 7.30. The maximum absolute atomic E-state index is 13.5. The average Bonchev–Trinajstić information content (AvgIpc) is 3.26. The normalized spacial score (nSPS) is 12.5. The van der Waals surface area contributed by atoms with Crippen LogP contribution in [0.1, 0.15) is 31.7 Å². The second-order valence-electron chi connectivity index (χ2n) is 7.77. The van der Waals surface area contributed by atoms with Crippen LogP contribution in [0.5, 0.6) is 0 Å². The van der Waals surface area contributed by atoms with Crippen molar-refractivity contribution in [3.8, 4) is 17.1 Å². The summed E-state index contributed by atoms with van der Waals surface area (Å²) < 4.78 is 1.73. The fraction of sp³-hybridized carbons (Fsp3) is 0.154. The van der Waals surface area contributed by atoms with Gasteiger partial charge in [-0.3, -0.25) is 9.36 Å². The molecule has 2 heterocycles. The predicted molar refractivity (Wildman–Crippen MR) is 123 cm³/mol. The van der Waals surface area contributed by atoms with Gasteiger partial charge in [0, 0.05) is 17.3 Å². The summed E-state index contributed by atoms with van der Waals surface area (Å²) in [5, 5.41) is 1.75. The van der Waals surface area contributed by atoms with Crippen molar-refractivity contribution in [2.24, 2.45) is 0 Å². The maximum Gasteiger partial charge on any atom is 0.266 e. The number of hydrogen-bond donors (Lipinski definition) is 1. The zero-order valence-electron chi connectivity index (χ0n) is 17.1. The molecule has 0 bridgehead atoms. The van der Waals surface area contributed by atoms with Crippen molar-refractivity contribution in [1.82, 2.24) is 14.5 Å². The Balaban J connectivity index is 1.78. The van der Waals surface area contributed by atoms with E-state index in [1.54, 1.807) is 4.57 Å². The highest BCUT2D eigenvalue weighted by Gasteiger charge is 2.15. The van der Waals surface area contributed by atoms with Crippen molar-refractivity contribution in [1.29, 1.82) is 0 Å². The molecular formula is C26H23N3O. The molecule has 4 heteroatoms. The molecule has 0 spiro atoms. The van der Waals surface area contributed by atoms with E-state index in [1.807, 2.05) is 54.7 Å². The Labute approximate surface area is 174 Å². The van der Waals surface area contributed by atoms with Crippen molar-refractivity contribution < 1.29 is 0 Å². The van der Waals surface area contributed by atoms with Crippen molar-refractivity contribution in [3.63, 3.8) is 0 Å². The van der Waals surface area contributed by atoms with Gasteiger partial charge >= 0.3 is 0 Å². The number of H-pyrrole nitrogens is 1. The topological polar surface area (TPSA) is 50.7 Å². The Bertz CT molecular complexity index is 1410. The molecule has 1 unspecified atom stereocenters. The summed E-state index contributed by atoms with van der Waals surface area (Å²) in [7, 11) is 0. The number of benzene rings is 3. The fourth-order valence-electron chi connectivity index (χ4n) is 3.94. The molecule has 2 aromatic heterocycles. The van der Waals surface area contributed by atoms with Crippen LogP contribution in [0.4, 0.5) is 0 Å². The summed E-state index contributed by atoms with van der Waals surface area (Å²) in [5.74, 6) is 1.13. The monoisotopic (exact) mass is 393 g/mol. The smallest absolute Gasteiger partial charge is 0.266 e. The Morgan fingerprint density at radius 1 is 1.00 bits per heavy atom. The maximum atomic E-state index is 13.5. The van der Waals surface area contributed by atoms with Gasteiger partial charge in [0.2, 0.25) is 0 Å². The first-order valence-electron chi connectivity index (χ1n) is 10.4. The molecule has 0 amide bonds. The van der Waals surface area contributed by atoms with Crippen molar-refractivity contribution in [3.05, 3.63) is 94.9 Å². The Kier molecular flexibility index (Phi) is 4.47. The quantitative estimate of drug-likeness (QED) is 0.404. The first-order chi connectivity index (χ1) is 14.7. The standard InChI is InChI=1S/C26H23N3O/c1-3-17(2)18-10-12-21(13-11-18)29-25(20-9-8-19-14-15-27-24(19)16-20)28-23-7-5-4-6-22(23)26(29)30/h4-17,27H,3H2,1-2H3. The third-order valence-electron chi connectivity index (χ3n) is 5.92. The zero-order valence-corrected chi connectivity index (χ0v) is 17.1. The number of nitrogens with zero attached hydrogens (tertiary/aromatic N) is 2. The van der Waals surface area contributed by atoms with E-state index < -0.39 is 0 Å². The van der Waals surface area contributed by atoms with E-state index in [0.717, 1.165) is 28.6 Å². The lowest BCUT2D eigenvalue weighted by Gasteiger charge is -2.15. The highest BCUT2D eigenvalue weighted by Crippen LogP contribution is 2.26. The third kappa shape index (κ3) is 3.01. The minimum absolute atomic E-state index is 0.0570. The molecule has 0 fully saturated rings. The van der Waals surface area contributed by atoms with Gasteiger partial charge in [-0.25, -0.2) is 4.98 Å². The molecule has 0 saturated carbocycles. The Hall–Kier alpha value is -3.66. The molecule has 5 rings (SSSR count). The van der Waals surface area contributed by atoms with Gasteiger partial charge in [-0.15, -0.1) is 0 Å². The van der Waals surface area contributed by atoms with E-state index in [9.17, 15) is 4.79 Å². The molecule has 0 aliphatic heterocycles. The van der Waals surface area contributed by atoms with Gasteiger partial charge in [0.25, 0.3) is 5.56 Å². The number of rotatable bonds is 4. The second-order valence-corrected chi connectivity index (χ2v) is 7.77. The molecule has 0 aliphatic carbocycles. The minimum Gasteiger partial charge on any atom is -0.361 e. The van der Waals surface area contributed by atoms with E-state index >= 15 is 0 Å². The van der Waals surface area contributed by atoms with Crippen LogP contribution < -0.4 is 5.56 Å². The molecule has 4 nitrogen and oxygen atoms in total. The Morgan fingerprint density at radius 3 is 2.60 bits per heavy atom. The van der Waals surface area contributed by atoms with Crippen LogP contribution in [-0.4, -0.2) is 14.5 Å². The Morgan fingerprint density at radius 2 is 1.80 bits per heavy atom. The van der Waals surface area contributed by atoms with Gasteiger partial charge in [-0.1, -0.05) is 50.2 Å². The van der Waals surface area contributed by atoms with Crippen LogP contribution in [0.25, 0.3) is 38.9 Å². The number of aromatic amines is 1. The number of fused-ring (bicyclic) bond motifs is 2. The van der Waals surface area contributed by atoms with Gasteiger partial charge < -0.3 is 4.98 Å². The lowest BCUT2D eigenvalue weighted by molar-refractivity contribution is 0.733. The van der Waals surface area contributed by atoms with Gasteiger partial charge in [0.05, 0.1) is 16.6 Å². The number of hydrogen-bond acceptors (Lipinski definition) is 2. The van der Waals surface area contributed by atoms with Gasteiger partial charge in [-0.2, -0.15) is 0 Å². The minimum atomic E-state index is -0.0570. The third-order valence-corrected chi connectivity index (χ3v) is 5.92. The van der Waals surface area contributed by atoms with Gasteiger partial charge in [0.1, 0.15) is 5.82 Å². The average molecular weight is 393 g/mol. The molecule has 1 atom stereocenters. The molecule has 3 aromatic carbocycles. The zero-order chi connectivity index (χ0) is 20.7. The van der Waals surface area contributed by atoms with Crippen LogP contribution in [0.3, 0.4) is 0 Å². The summed E-state index contributed by atoms with van der Waals surface area (Å²) >= 11 is 0. The number of nitrogens with one attached hydrogen (secondary N) is 1. The summed E-state index contributed by atoms with van der Waals surface area (Å²) in [5.41, 5.74) is 4.67. The SMILES string of the molecule is CCC(C)c1ccc(-n2c(-c3ccc4cc[nH]c4c3)nc3ccccc3c2=O)cc1. The van der Waals surface area contributed by atoms with E-state index in [-0.39, 0.29) is 5.56 Å². The largest absolute Gasteiger partial charge is 0.361 e. The lowest BCUT2D eigenvalue weighted by Crippen LogP contribution is -2.22. The van der Waals surface area contributed by atoms with Crippen LogP contribution in [0.2, 0.25) is 0 Å². The van der Waals surface area contributed by atoms with E-state index in [4.69, 9.17) is 4.98 Å². The van der Waals surface area contributed by atoms with E-state index in [1.165, 1.54) is 5.56 Å². The highest BCUT2D eigenvalue weighted by molar-refractivity contribution is 5.86. The van der Waals surface area contributed by atoms with Crippen molar-refractivity contribution in [2.75, 3.05) is 0 Å². The van der Waals surface area contributed by atoms with Crippen LogP contribution >= 0.6 is 0 Å². The van der Waals surface area contributed by atoms with Crippen LogP contribution in [0.15, 0.2) is 83.8 Å². The molecule has 1 N–H and O–H groups in total. The first kappa shape index (κ1) is 18.4. The summed E-state index contributed by atoms with van der Waals surface area (Å²) in [6, 6.07) is 24.0. The first-order valence-corrected chi connectivity index (χ1v) is 10.4. The summed E-state index contributed by atoms with van der Waals surface area (Å²) in [6.45, 7) is 4.40. The fourth-order valence-corrected chi connectivity index (χ4v) is 3.94. The summed E-state index contributed by atoms with van der Waals surface area (Å²) in [6.07, 6.45) is 3.00. The van der Waals surface area contributed by atoms with Crippen molar-refractivity contribution >= 4 is 21.8 Å². The van der Waals surface area contributed by atoms with Crippen molar-refractivity contribution in [2.45, 2.75) is 26.2 Å². The van der Waals surface area contributed by atoms with Gasteiger partial charge in [0.15, 0.2) is 0 Å². The summed E-state index contributed by atoms with van der Waals surface area (Å²) in [4.78, 5) is 21.7. The predicted octanol–water partition coefficient (Wildman–Crippen LogP) is 6.05. The van der Waals surface area contributed by atoms with E-state index in [2.05, 4.69) is 43.1 Å². The van der Waals surface area contributed by atoms with Gasteiger partial charge in [-0.05, 0) is 59.7 Å². The molecule has 0 radical (unpaired) electrons. The highest BCUT2D eigenvalue weighted by atomic mass is 16.1. The molecule has 0 saturated heterocycles. The lowest BCUT2D eigenvalue weighted by atomic mass is 9.98. The number of aromatic nitrogens is 3. The van der Waals surface area contributed by atoms with Crippen LogP contribution in [-0.2, 0) is 0 Å². The van der Waals surface area contributed by atoms with E-state index in [0.29, 0.717) is 22.6 Å². The molecular weight excluding hydrogens is 370 g/mol. The van der Waals surface area contributed by atoms with Crippen LogP contribution in [0, 0.1) is 0 Å². The molecule has 30 heavy (non-hydrogen) atoms. The molecule has 5 aromatic rings. The number of para-hydroxylation sites is 1.